The highest BCUT2D eigenvalue weighted by Crippen LogP contribution is 2.35. The first-order valence-electron chi connectivity index (χ1n) is 10.7. The first-order chi connectivity index (χ1) is 17.3. The van der Waals surface area contributed by atoms with E-state index >= 15 is 0 Å². The van der Waals surface area contributed by atoms with Gasteiger partial charge in [-0.05, 0) is 41.8 Å². The summed E-state index contributed by atoms with van der Waals surface area (Å²) in [7, 11) is 0. The molecule has 0 bridgehead atoms. The number of hydrogen-bond donors (Lipinski definition) is 1. The third-order valence-corrected chi connectivity index (χ3v) is 5.39. The zero-order valence-corrected chi connectivity index (χ0v) is 20.3. The van der Waals surface area contributed by atoms with Gasteiger partial charge in [0, 0.05) is 5.69 Å². The minimum absolute atomic E-state index is 0.0938. The van der Waals surface area contributed by atoms with Crippen molar-refractivity contribution in [3.8, 4) is 23.0 Å². The third kappa shape index (κ3) is 9.19. The molecule has 0 aliphatic rings. The van der Waals surface area contributed by atoms with E-state index in [9.17, 15) is 31.1 Å². The molecule has 2 aromatic carbocycles. The number of alkyl halides is 6. The number of aromatic nitrogens is 2. The van der Waals surface area contributed by atoms with E-state index in [1.54, 1.807) is 12.1 Å². The maximum atomic E-state index is 12.6. The summed E-state index contributed by atoms with van der Waals surface area (Å²) >= 11 is 0.859. The molecule has 0 aliphatic heterocycles. The number of nitrogens with one attached hydrogen (secondary N) is 1. The van der Waals surface area contributed by atoms with Crippen LogP contribution in [0.25, 0.3) is 11.5 Å². The number of thioether (sulfide) groups is 1. The van der Waals surface area contributed by atoms with Crippen molar-refractivity contribution >= 4 is 23.4 Å². The number of carbonyl (C=O) groups is 1. The molecule has 0 fully saturated rings. The summed E-state index contributed by atoms with van der Waals surface area (Å²) in [5, 5.41) is 10.1. The van der Waals surface area contributed by atoms with Crippen molar-refractivity contribution in [2.75, 3.05) is 24.3 Å². The lowest BCUT2D eigenvalue weighted by Gasteiger charge is -2.14. The quantitative estimate of drug-likeness (QED) is 0.229. The summed E-state index contributed by atoms with van der Waals surface area (Å²) < 4.78 is 90.2. The van der Waals surface area contributed by atoms with Crippen LogP contribution in [0.2, 0.25) is 0 Å². The lowest BCUT2D eigenvalue weighted by atomic mass is 10.0. The minimum atomic E-state index is -4.67. The highest BCUT2D eigenvalue weighted by Gasteiger charge is 2.30. The smallest absolute Gasteiger partial charge is 0.422 e. The fourth-order valence-electron chi connectivity index (χ4n) is 2.87. The van der Waals surface area contributed by atoms with Crippen LogP contribution in [-0.4, -0.2) is 47.4 Å². The molecule has 1 N–H and O–H groups in total. The predicted molar refractivity (Wildman–Crippen MR) is 123 cm³/mol. The van der Waals surface area contributed by atoms with Crippen LogP contribution in [0.4, 0.5) is 32.0 Å². The SMILES string of the molecule is CC(C)c1ccc(NC(=O)CSc2nnc(-c3cc(OCC(F)(F)F)ccc3OCC(F)(F)F)o2)cc1. The summed E-state index contributed by atoms with van der Waals surface area (Å²) in [4.78, 5) is 12.3. The van der Waals surface area contributed by atoms with E-state index in [0.29, 0.717) is 11.6 Å². The Hall–Kier alpha value is -3.42. The normalized spacial score (nSPS) is 12.0. The Bertz CT molecular complexity index is 1200. The molecule has 200 valence electrons. The molecule has 0 saturated heterocycles. The number of rotatable bonds is 10. The van der Waals surface area contributed by atoms with Gasteiger partial charge in [0.25, 0.3) is 11.1 Å². The number of anilines is 1. The highest BCUT2D eigenvalue weighted by atomic mass is 32.2. The van der Waals surface area contributed by atoms with E-state index < -0.39 is 25.6 Å². The van der Waals surface area contributed by atoms with Gasteiger partial charge in [-0.3, -0.25) is 4.79 Å². The number of amides is 1. The lowest BCUT2D eigenvalue weighted by Crippen LogP contribution is -2.20. The first kappa shape index (κ1) is 28.2. The summed E-state index contributed by atoms with van der Waals surface area (Å²) in [5.74, 6) is -1.16. The molecule has 1 amide bonds. The molecule has 3 rings (SSSR count). The molecular formula is C23H21F6N3O4S. The van der Waals surface area contributed by atoms with Gasteiger partial charge in [-0.2, -0.15) is 26.3 Å². The molecular weight excluding hydrogens is 528 g/mol. The van der Waals surface area contributed by atoms with Crippen LogP contribution in [0.3, 0.4) is 0 Å². The molecule has 14 heteroatoms. The van der Waals surface area contributed by atoms with Crippen LogP contribution in [0.5, 0.6) is 11.5 Å². The van der Waals surface area contributed by atoms with Gasteiger partial charge >= 0.3 is 12.4 Å². The van der Waals surface area contributed by atoms with E-state index in [1.165, 1.54) is 0 Å². The molecule has 0 saturated carbocycles. The molecule has 1 heterocycles. The van der Waals surface area contributed by atoms with Gasteiger partial charge in [-0.15, -0.1) is 10.2 Å². The average Bonchev–Trinajstić information content (AvgIpc) is 3.28. The van der Waals surface area contributed by atoms with Crippen LogP contribution in [0.15, 0.2) is 52.1 Å². The van der Waals surface area contributed by atoms with Crippen molar-refractivity contribution in [2.24, 2.45) is 0 Å². The van der Waals surface area contributed by atoms with Gasteiger partial charge in [-0.25, -0.2) is 0 Å². The molecule has 1 aromatic heterocycles. The number of benzene rings is 2. The zero-order valence-electron chi connectivity index (χ0n) is 19.4. The zero-order chi connectivity index (χ0) is 27.2. The Kier molecular flexibility index (Phi) is 8.94. The van der Waals surface area contributed by atoms with E-state index in [-0.39, 0.29) is 39.8 Å². The molecule has 37 heavy (non-hydrogen) atoms. The fourth-order valence-corrected chi connectivity index (χ4v) is 3.43. The van der Waals surface area contributed by atoms with E-state index in [2.05, 4.69) is 20.3 Å². The van der Waals surface area contributed by atoms with Gasteiger partial charge in [0.2, 0.25) is 5.91 Å². The van der Waals surface area contributed by atoms with Crippen molar-refractivity contribution in [3.05, 3.63) is 48.0 Å². The molecule has 0 radical (unpaired) electrons. The number of hydrogen-bond acceptors (Lipinski definition) is 7. The van der Waals surface area contributed by atoms with Gasteiger partial charge in [0.1, 0.15) is 11.5 Å². The molecule has 0 atom stereocenters. The Labute approximate surface area is 211 Å². The van der Waals surface area contributed by atoms with E-state index in [4.69, 9.17) is 9.15 Å². The molecule has 0 unspecified atom stereocenters. The summed E-state index contributed by atoms with van der Waals surface area (Å²) in [6.45, 7) is 0.812. The van der Waals surface area contributed by atoms with Crippen molar-refractivity contribution in [3.63, 3.8) is 0 Å². The van der Waals surface area contributed by atoms with Crippen LogP contribution in [0.1, 0.15) is 25.3 Å². The molecule has 3 aromatic rings. The Balaban J connectivity index is 1.69. The van der Waals surface area contributed by atoms with Crippen molar-refractivity contribution < 1.29 is 45.0 Å². The van der Waals surface area contributed by atoms with Crippen LogP contribution in [0, 0.1) is 0 Å². The van der Waals surface area contributed by atoms with Crippen LogP contribution in [-0.2, 0) is 4.79 Å². The monoisotopic (exact) mass is 549 g/mol. The molecule has 0 spiro atoms. The lowest BCUT2D eigenvalue weighted by molar-refractivity contribution is -0.154. The standard InChI is InChI=1S/C23H21F6N3O4S/c1-13(2)14-3-5-15(6-4-14)30-19(33)10-37-21-32-31-20(36-21)17-9-16(34-11-22(24,25)26)7-8-18(17)35-12-23(27,28)29/h3-9,13H,10-12H2,1-2H3,(H,30,33). The first-order valence-corrected chi connectivity index (χ1v) is 11.7. The predicted octanol–water partition coefficient (Wildman–Crippen LogP) is 6.47. The Morgan fingerprint density at radius 1 is 0.973 bits per heavy atom. The largest absolute Gasteiger partial charge is 0.484 e. The van der Waals surface area contributed by atoms with Crippen LogP contribution >= 0.6 is 11.8 Å². The second-order valence-corrected chi connectivity index (χ2v) is 8.88. The number of halogens is 6. The maximum absolute atomic E-state index is 12.6. The second-order valence-electron chi connectivity index (χ2n) is 7.95. The van der Waals surface area contributed by atoms with Gasteiger partial charge < -0.3 is 19.2 Å². The second kappa shape index (κ2) is 11.8. The Morgan fingerprint density at radius 3 is 2.24 bits per heavy atom. The van der Waals surface area contributed by atoms with E-state index in [0.717, 1.165) is 35.5 Å². The van der Waals surface area contributed by atoms with Crippen molar-refractivity contribution in [1.29, 1.82) is 0 Å². The van der Waals surface area contributed by atoms with Crippen molar-refractivity contribution in [2.45, 2.75) is 37.3 Å². The number of carbonyl (C=O) groups excluding carboxylic acids is 1. The third-order valence-electron chi connectivity index (χ3n) is 4.57. The summed E-state index contributed by atoms with van der Waals surface area (Å²) in [6.07, 6.45) is -9.29. The summed E-state index contributed by atoms with van der Waals surface area (Å²) in [6, 6.07) is 10.3. The Morgan fingerprint density at radius 2 is 1.62 bits per heavy atom. The molecule has 7 nitrogen and oxygen atoms in total. The van der Waals surface area contributed by atoms with E-state index in [1.807, 2.05) is 26.0 Å². The average molecular weight is 549 g/mol. The van der Waals surface area contributed by atoms with Gasteiger partial charge in [0.15, 0.2) is 13.2 Å². The highest BCUT2D eigenvalue weighted by molar-refractivity contribution is 7.99. The fraction of sp³-hybridized carbons (Fsp3) is 0.348. The molecule has 0 aliphatic carbocycles. The summed E-state index contributed by atoms with van der Waals surface area (Å²) in [5.41, 5.74) is 1.48. The van der Waals surface area contributed by atoms with Crippen LogP contribution < -0.4 is 14.8 Å². The number of nitrogens with zero attached hydrogens (tertiary/aromatic N) is 2. The topological polar surface area (TPSA) is 86.5 Å². The maximum Gasteiger partial charge on any atom is 0.422 e. The number of ether oxygens (including phenoxy) is 2. The van der Waals surface area contributed by atoms with Gasteiger partial charge in [0.05, 0.1) is 11.3 Å². The van der Waals surface area contributed by atoms with Gasteiger partial charge in [-0.1, -0.05) is 37.7 Å². The minimum Gasteiger partial charge on any atom is -0.484 e. The van der Waals surface area contributed by atoms with Crippen molar-refractivity contribution in [1.82, 2.24) is 10.2 Å².